The van der Waals surface area contributed by atoms with E-state index in [1.807, 2.05) is 0 Å². The van der Waals surface area contributed by atoms with Crippen molar-refractivity contribution in [3.05, 3.63) is 53.1 Å². The van der Waals surface area contributed by atoms with Crippen molar-refractivity contribution in [2.75, 3.05) is 45.7 Å². The number of hydrogen-bond acceptors (Lipinski definition) is 5. The van der Waals surface area contributed by atoms with Gasteiger partial charge in [-0.3, -0.25) is 9.59 Å². The van der Waals surface area contributed by atoms with Crippen molar-refractivity contribution in [1.82, 2.24) is 20.4 Å². The van der Waals surface area contributed by atoms with Gasteiger partial charge in [-0.25, -0.2) is 0 Å². The summed E-state index contributed by atoms with van der Waals surface area (Å²) in [6, 6.07) is 14.1. The van der Waals surface area contributed by atoms with Crippen LogP contribution < -0.4 is 15.5 Å². The van der Waals surface area contributed by atoms with Crippen LogP contribution in [0.1, 0.15) is 112 Å². The highest BCUT2D eigenvalue weighted by Crippen LogP contribution is 2.35. The second kappa shape index (κ2) is 17.2. The smallest absolute Gasteiger partial charge is 0.251 e. The molecular formula is C41H63N5O2. The molecule has 3 aliphatic rings. The number of rotatable bonds is 9. The lowest BCUT2D eigenvalue weighted by Gasteiger charge is -2.45. The molecule has 7 heteroatoms. The Morgan fingerprint density at radius 2 is 1.50 bits per heavy atom. The Labute approximate surface area is 291 Å². The molecule has 1 saturated carbocycles. The molecule has 3 atom stereocenters. The third-order valence-corrected chi connectivity index (χ3v) is 11.5. The number of carbonyl (C=O) groups excluding carboxylic acids is 2. The molecule has 2 aromatic carbocycles. The van der Waals surface area contributed by atoms with Crippen molar-refractivity contribution in [3.8, 4) is 11.1 Å². The fraction of sp³-hybridized carbons (Fsp3) is 0.659. The SMILES string of the molecule is Cc1c(C(=O)NCC2C(=O)N(C3CCCCCCCCC3)C(C)CC2C)cc(-c2ccc(CN(C)C)cc2)cc1N(C)C1CCNCC1. The van der Waals surface area contributed by atoms with Crippen LogP contribution in [-0.4, -0.2) is 80.5 Å². The summed E-state index contributed by atoms with van der Waals surface area (Å²) >= 11 is 0. The van der Waals surface area contributed by atoms with Crippen molar-refractivity contribution in [3.63, 3.8) is 0 Å². The Morgan fingerprint density at radius 1 is 0.875 bits per heavy atom. The van der Waals surface area contributed by atoms with E-state index in [-0.39, 0.29) is 29.7 Å². The Hall–Kier alpha value is -2.90. The molecule has 0 aromatic heterocycles. The summed E-state index contributed by atoms with van der Waals surface area (Å²) in [5.41, 5.74) is 6.24. The van der Waals surface area contributed by atoms with Gasteiger partial charge < -0.3 is 25.3 Å². The van der Waals surface area contributed by atoms with E-state index in [2.05, 4.69) is 104 Å². The monoisotopic (exact) mass is 657 g/mol. The van der Waals surface area contributed by atoms with E-state index >= 15 is 0 Å². The Balaban J connectivity index is 1.37. The number of anilines is 1. The van der Waals surface area contributed by atoms with E-state index in [4.69, 9.17) is 0 Å². The minimum Gasteiger partial charge on any atom is -0.371 e. The third kappa shape index (κ3) is 9.01. The minimum absolute atomic E-state index is 0.0811. The van der Waals surface area contributed by atoms with E-state index in [9.17, 15) is 9.59 Å². The summed E-state index contributed by atoms with van der Waals surface area (Å²) in [6.07, 6.45) is 14.3. The Kier molecular flexibility index (Phi) is 13.0. The van der Waals surface area contributed by atoms with Gasteiger partial charge in [0.2, 0.25) is 5.91 Å². The fourth-order valence-corrected chi connectivity index (χ4v) is 8.69. The van der Waals surface area contributed by atoms with Gasteiger partial charge in [-0.05, 0) is 113 Å². The first-order chi connectivity index (χ1) is 23.1. The molecule has 5 rings (SSSR count). The lowest BCUT2D eigenvalue weighted by atomic mass is 9.81. The summed E-state index contributed by atoms with van der Waals surface area (Å²) in [6.45, 7) is 9.83. The molecule has 3 fully saturated rings. The predicted molar refractivity (Wildman–Crippen MR) is 200 cm³/mol. The maximum absolute atomic E-state index is 14.2. The van der Waals surface area contributed by atoms with Crippen molar-refractivity contribution < 1.29 is 9.59 Å². The van der Waals surface area contributed by atoms with Crippen LogP contribution in [-0.2, 0) is 11.3 Å². The average Bonchev–Trinajstić information content (AvgIpc) is 3.07. The average molecular weight is 658 g/mol. The first kappa shape index (κ1) is 36.4. The maximum Gasteiger partial charge on any atom is 0.251 e. The Morgan fingerprint density at radius 3 is 2.12 bits per heavy atom. The molecule has 2 saturated heterocycles. The van der Waals surface area contributed by atoms with Gasteiger partial charge in [-0.15, -0.1) is 0 Å². The molecule has 2 heterocycles. The number of carbonyl (C=O) groups is 2. The molecule has 0 spiro atoms. The largest absolute Gasteiger partial charge is 0.371 e. The summed E-state index contributed by atoms with van der Waals surface area (Å²) in [5, 5.41) is 6.77. The highest BCUT2D eigenvalue weighted by atomic mass is 16.2. The summed E-state index contributed by atoms with van der Waals surface area (Å²) in [4.78, 5) is 35.2. The van der Waals surface area contributed by atoms with Gasteiger partial charge >= 0.3 is 0 Å². The van der Waals surface area contributed by atoms with Gasteiger partial charge in [-0.2, -0.15) is 0 Å². The molecule has 3 unspecified atom stereocenters. The van der Waals surface area contributed by atoms with Crippen LogP contribution in [0.25, 0.3) is 11.1 Å². The second-order valence-electron chi connectivity index (χ2n) is 15.5. The molecule has 2 aromatic rings. The highest BCUT2D eigenvalue weighted by molar-refractivity contribution is 5.99. The number of amides is 2. The van der Waals surface area contributed by atoms with Crippen LogP contribution in [0.2, 0.25) is 0 Å². The second-order valence-corrected chi connectivity index (χ2v) is 15.5. The summed E-state index contributed by atoms with van der Waals surface area (Å²) in [5.74, 6) is 0.212. The zero-order valence-electron chi connectivity index (χ0n) is 30.8. The summed E-state index contributed by atoms with van der Waals surface area (Å²) in [7, 11) is 6.35. The van der Waals surface area contributed by atoms with E-state index in [1.54, 1.807) is 0 Å². The molecule has 2 N–H and O–H groups in total. The van der Waals surface area contributed by atoms with Crippen LogP contribution in [0.15, 0.2) is 36.4 Å². The molecule has 264 valence electrons. The van der Waals surface area contributed by atoms with Gasteiger partial charge in [0.1, 0.15) is 0 Å². The lowest BCUT2D eigenvalue weighted by molar-refractivity contribution is -0.147. The fourth-order valence-electron chi connectivity index (χ4n) is 8.69. The van der Waals surface area contributed by atoms with Crippen molar-refractivity contribution in [2.24, 2.45) is 11.8 Å². The van der Waals surface area contributed by atoms with E-state index in [0.29, 0.717) is 24.2 Å². The van der Waals surface area contributed by atoms with Crippen LogP contribution in [0.4, 0.5) is 5.69 Å². The molecule has 0 bridgehead atoms. The van der Waals surface area contributed by atoms with Crippen LogP contribution in [0.5, 0.6) is 0 Å². The van der Waals surface area contributed by atoms with Gasteiger partial charge in [0.15, 0.2) is 0 Å². The van der Waals surface area contributed by atoms with Gasteiger partial charge in [0.05, 0.1) is 5.92 Å². The first-order valence-electron chi connectivity index (χ1n) is 19.1. The highest BCUT2D eigenvalue weighted by Gasteiger charge is 2.41. The number of nitrogens with zero attached hydrogens (tertiary/aromatic N) is 3. The number of benzene rings is 2. The molecule has 1 aliphatic carbocycles. The maximum atomic E-state index is 14.2. The lowest BCUT2D eigenvalue weighted by Crippen LogP contribution is -2.56. The van der Waals surface area contributed by atoms with Gasteiger partial charge in [0.25, 0.3) is 5.91 Å². The number of nitrogens with one attached hydrogen (secondary N) is 2. The van der Waals surface area contributed by atoms with Crippen LogP contribution in [0.3, 0.4) is 0 Å². The normalized spacial score (nSPS) is 23.7. The molecule has 2 aliphatic heterocycles. The van der Waals surface area contributed by atoms with E-state index in [1.165, 1.54) is 50.5 Å². The van der Waals surface area contributed by atoms with Gasteiger partial charge in [-0.1, -0.05) is 76.1 Å². The predicted octanol–water partition coefficient (Wildman–Crippen LogP) is 7.41. The van der Waals surface area contributed by atoms with Crippen molar-refractivity contribution in [1.29, 1.82) is 0 Å². The number of likely N-dealkylation sites (tertiary alicyclic amines) is 1. The molecule has 2 amide bonds. The molecule has 7 nitrogen and oxygen atoms in total. The van der Waals surface area contributed by atoms with Crippen molar-refractivity contribution in [2.45, 2.75) is 122 Å². The van der Waals surface area contributed by atoms with Crippen molar-refractivity contribution >= 4 is 17.5 Å². The van der Waals surface area contributed by atoms with Gasteiger partial charge in [0, 0.05) is 49.5 Å². The molecular weight excluding hydrogens is 594 g/mol. The van der Waals surface area contributed by atoms with E-state index in [0.717, 1.165) is 74.1 Å². The number of piperidine rings is 2. The molecule has 48 heavy (non-hydrogen) atoms. The summed E-state index contributed by atoms with van der Waals surface area (Å²) < 4.78 is 0. The first-order valence-corrected chi connectivity index (χ1v) is 19.1. The standard InChI is InChI=1S/C41H63N5O2/c1-29-24-30(2)46(36-14-12-10-8-7-9-11-13-15-36)41(48)38(29)27-43-40(47)37-25-34(33-18-16-32(17-19-33)28-44(4)5)26-39(31(37)3)45(6)35-20-22-42-23-21-35/h16-19,25-26,29-30,35-36,38,42H,7-15,20-24,27-28H2,1-6H3,(H,43,47). The van der Waals surface area contributed by atoms with Crippen LogP contribution in [0, 0.1) is 18.8 Å². The Bertz CT molecular complexity index is 1340. The zero-order valence-corrected chi connectivity index (χ0v) is 30.8. The molecule has 0 radical (unpaired) electrons. The minimum atomic E-state index is -0.190. The number of hydrogen-bond donors (Lipinski definition) is 2. The topological polar surface area (TPSA) is 67.9 Å². The van der Waals surface area contributed by atoms with Crippen LogP contribution >= 0.6 is 0 Å². The third-order valence-electron chi connectivity index (χ3n) is 11.5. The van der Waals surface area contributed by atoms with E-state index < -0.39 is 0 Å². The zero-order chi connectivity index (χ0) is 34.2. The quantitative estimate of drug-likeness (QED) is 0.294.